The molecule has 0 aromatic carbocycles. The summed E-state index contributed by atoms with van der Waals surface area (Å²) in [7, 11) is 2.19. The normalized spacial score (nSPS) is 20.3. The number of aryl methyl sites for hydroxylation is 1. The summed E-state index contributed by atoms with van der Waals surface area (Å²) < 4.78 is 5.39. The first-order valence-corrected chi connectivity index (χ1v) is 7.48. The Balaban J connectivity index is 1.68. The smallest absolute Gasteiger partial charge is 0.0929 e. The molecule has 2 heterocycles. The molecule has 96 valence electrons. The Morgan fingerprint density at radius 3 is 3.18 bits per heavy atom. The van der Waals surface area contributed by atoms with E-state index in [0.717, 1.165) is 38.3 Å². The van der Waals surface area contributed by atoms with Crippen LogP contribution in [0.25, 0.3) is 0 Å². The first kappa shape index (κ1) is 13.3. The quantitative estimate of drug-likeness (QED) is 0.746. The zero-order chi connectivity index (χ0) is 12.1. The van der Waals surface area contributed by atoms with Crippen LogP contribution in [-0.4, -0.2) is 42.7 Å². The molecule has 1 aliphatic rings. The van der Waals surface area contributed by atoms with Crippen molar-refractivity contribution in [2.24, 2.45) is 0 Å². The van der Waals surface area contributed by atoms with Crippen LogP contribution in [0.1, 0.15) is 23.5 Å². The summed E-state index contributed by atoms with van der Waals surface area (Å²) in [4.78, 5) is 6.87. The minimum Gasteiger partial charge on any atom is -0.380 e. The number of halogens is 1. The average molecular weight is 275 g/mol. The lowest BCUT2D eigenvalue weighted by molar-refractivity contribution is 0.159. The van der Waals surface area contributed by atoms with Crippen molar-refractivity contribution >= 4 is 22.9 Å². The Kier molecular flexibility index (Phi) is 5.22. The number of thiazole rings is 1. The van der Waals surface area contributed by atoms with Gasteiger partial charge in [0.2, 0.25) is 0 Å². The number of aromatic nitrogens is 1. The monoisotopic (exact) mass is 274 g/mol. The summed E-state index contributed by atoms with van der Waals surface area (Å²) in [5.74, 6) is 0.524. The van der Waals surface area contributed by atoms with Gasteiger partial charge in [0.05, 0.1) is 23.2 Å². The number of ether oxygens (including phenoxy) is 1. The van der Waals surface area contributed by atoms with E-state index in [4.69, 9.17) is 16.3 Å². The number of rotatable bonds is 6. The molecule has 1 fully saturated rings. The summed E-state index contributed by atoms with van der Waals surface area (Å²) >= 11 is 7.45. The lowest BCUT2D eigenvalue weighted by Gasteiger charge is -2.22. The largest absolute Gasteiger partial charge is 0.380 e. The van der Waals surface area contributed by atoms with Crippen molar-refractivity contribution in [2.75, 3.05) is 26.8 Å². The number of nitrogens with zero attached hydrogens (tertiary/aromatic N) is 2. The summed E-state index contributed by atoms with van der Waals surface area (Å²) in [6, 6.07) is 0.615. The van der Waals surface area contributed by atoms with Crippen molar-refractivity contribution in [2.45, 2.75) is 31.2 Å². The number of likely N-dealkylation sites (N-methyl/N-ethyl adjacent to an activating group) is 1. The molecule has 3 nitrogen and oxygen atoms in total. The fourth-order valence-electron chi connectivity index (χ4n) is 2.06. The van der Waals surface area contributed by atoms with Crippen LogP contribution in [-0.2, 0) is 17.0 Å². The zero-order valence-corrected chi connectivity index (χ0v) is 11.8. The molecule has 0 spiro atoms. The Morgan fingerprint density at radius 1 is 1.65 bits per heavy atom. The number of hydrogen-bond donors (Lipinski definition) is 0. The van der Waals surface area contributed by atoms with Gasteiger partial charge in [-0.2, -0.15) is 0 Å². The Labute approximate surface area is 112 Å². The molecule has 17 heavy (non-hydrogen) atoms. The zero-order valence-electron chi connectivity index (χ0n) is 10.2. The van der Waals surface area contributed by atoms with Gasteiger partial charge in [-0.1, -0.05) is 0 Å². The van der Waals surface area contributed by atoms with Gasteiger partial charge >= 0.3 is 0 Å². The fraction of sp³-hybridized carbons (Fsp3) is 0.750. The van der Waals surface area contributed by atoms with Crippen molar-refractivity contribution in [3.8, 4) is 0 Å². The van der Waals surface area contributed by atoms with Gasteiger partial charge in [-0.05, 0) is 26.4 Å². The van der Waals surface area contributed by atoms with Gasteiger partial charge in [-0.15, -0.1) is 22.9 Å². The number of alkyl halides is 1. The topological polar surface area (TPSA) is 25.4 Å². The van der Waals surface area contributed by atoms with E-state index in [9.17, 15) is 0 Å². The molecule has 0 bridgehead atoms. The average Bonchev–Trinajstić information content (AvgIpc) is 3.00. The maximum absolute atomic E-state index is 5.73. The molecule has 0 amide bonds. The second kappa shape index (κ2) is 6.69. The fourth-order valence-corrected chi connectivity index (χ4v) is 3.13. The third kappa shape index (κ3) is 3.91. The highest BCUT2D eigenvalue weighted by Crippen LogP contribution is 2.15. The number of hydrogen-bond acceptors (Lipinski definition) is 4. The molecule has 0 N–H and O–H groups in total. The molecule has 5 heteroatoms. The highest BCUT2D eigenvalue weighted by atomic mass is 35.5. The highest BCUT2D eigenvalue weighted by molar-refractivity contribution is 7.09. The predicted molar refractivity (Wildman–Crippen MR) is 71.8 cm³/mol. The molecule has 1 atom stereocenters. The lowest BCUT2D eigenvalue weighted by Crippen LogP contribution is -2.32. The molecule has 1 aromatic rings. The first-order chi connectivity index (χ1) is 8.29. The van der Waals surface area contributed by atoms with E-state index in [1.807, 2.05) is 0 Å². The molecule has 1 saturated heterocycles. The predicted octanol–water partition coefficient (Wildman–Crippen LogP) is 2.54. The van der Waals surface area contributed by atoms with Crippen LogP contribution in [0.3, 0.4) is 0 Å². The minimum absolute atomic E-state index is 0.524. The van der Waals surface area contributed by atoms with E-state index in [-0.39, 0.29) is 0 Å². The van der Waals surface area contributed by atoms with Crippen molar-refractivity contribution in [3.05, 3.63) is 16.1 Å². The second-order valence-corrected chi connectivity index (χ2v) is 5.68. The van der Waals surface area contributed by atoms with E-state index in [1.54, 1.807) is 11.3 Å². The van der Waals surface area contributed by atoms with Crippen molar-refractivity contribution in [3.63, 3.8) is 0 Å². The first-order valence-electron chi connectivity index (χ1n) is 6.07. The van der Waals surface area contributed by atoms with Gasteiger partial charge in [-0.3, -0.25) is 0 Å². The summed E-state index contributed by atoms with van der Waals surface area (Å²) in [6.07, 6.45) is 3.38. The van der Waals surface area contributed by atoms with Gasteiger partial charge in [0.15, 0.2) is 0 Å². The maximum atomic E-state index is 5.73. The maximum Gasteiger partial charge on any atom is 0.0929 e. The van der Waals surface area contributed by atoms with E-state index < -0.39 is 0 Å². The van der Waals surface area contributed by atoms with Gasteiger partial charge in [0, 0.05) is 24.4 Å². The van der Waals surface area contributed by atoms with Crippen LogP contribution in [0, 0.1) is 0 Å². The Hall–Kier alpha value is -0.160. The van der Waals surface area contributed by atoms with Crippen LogP contribution in [0.15, 0.2) is 5.38 Å². The molecule has 0 radical (unpaired) electrons. The Bertz CT molecular complexity index is 339. The van der Waals surface area contributed by atoms with Crippen molar-refractivity contribution in [1.29, 1.82) is 0 Å². The molecular formula is C12H19ClN2OS. The third-order valence-corrected chi connectivity index (χ3v) is 4.40. The van der Waals surface area contributed by atoms with Gasteiger partial charge in [0.25, 0.3) is 0 Å². The standard InChI is InChI=1S/C12H19ClN2OS/c1-15(11-4-6-16-8-11)5-2-3-12-14-10(7-13)9-17-12/h9,11H,2-8H2,1H3. The summed E-state index contributed by atoms with van der Waals surface area (Å²) in [5.41, 5.74) is 1.00. The molecule has 0 aliphatic carbocycles. The third-order valence-electron chi connectivity index (χ3n) is 3.17. The molecular weight excluding hydrogens is 256 g/mol. The van der Waals surface area contributed by atoms with Crippen LogP contribution < -0.4 is 0 Å². The summed E-state index contributed by atoms with van der Waals surface area (Å²) in [6.45, 7) is 2.93. The van der Waals surface area contributed by atoms with Gasteiger partial charge < -0.3 is 9.64 Å². The van der Waals surface area contributed by atoms with E-state index in [1.165, 1.54) is 11.4 Å². The Morgan fingerprint density at radius 2 is 2.53 bits per heavy atom. The molecule has 1 aromatic heterocycles. The van der Waals surface area contributed by atoms with Crippen LogP contribution in [0.4, 0.5) is 0 Å². The minimum atomic E-state index is 0.524. The van der Waals surface area contributed by atoms with Gasteiger partial charge in [0.1, 0.15) is 0 Å². The van der Waals surface area contributed by atoms with E-state index >= 15 is 0 Å². The van der Waals surface area contributed by atoms with Crippen LogP contribution in [0.2, 0.25) is 0 Å². The van der Waals surface area contributed by atoms with Crippen LogP contribution >= 0.6 is 22.9 Å². The molecule has 0 saturated carbocycles. The SMILES string of the molecule is CN(CCCc1nc(CCl)cs1)C1CCOC1. The molecule has 1 aliphatic heterocycles. The van der Waals surface area contributed by atoms with Crippen molar-refractivity contribution < 1.29 is 4.74 Å². The van der Waals surface area contributed by atoms with Gasteiger partial charge in [-0.25, -0.2) is 4.98 Å². The van der Waals surface area contributed by atoms with E-state index in [0.29, 0.717) is 11.9 Å². The molecule has 1 unspecified atom stereocenters. The van der Waals surface area contributed by atoms with Crippen molar-refractivity contribution in [1.82, 2.24) is 9.88 Å². The summed E-state index contributed by atoms with van der Waals surface area (Å²) in [5, 5.41) is 3.26. The van der Waals surface area contributed by atoms with Crippen LogP contribution in [0.5, 0.6) is 0 Å². The highest BCUT2D eigenvalue weighted by Gasteiger charge is 2.19. The van der Waals surface area contributed by atoms with E-state index in [2.05, 4.69) is 22.3 Å². The second-order valence-electron chi connectivity index (χ2n) is 4.47. The molecule has 2 rings (SSSR count). The lowest BCUT2D eigenvalue weighted by atomic mass is 10.2.